The first-order chi connectivity index (χ1) is 18.8. The summed E-state index contributed by atoms with van der Waals surface area (Å²) in [6, 6.07) is 24.9. The number of hydrogen-bond donors (Lipinski definition) is 0. The molecule has 0 radical (unpaired) electrons. The van der Waals surface area contributed by atoms with Gasteiger partial charge in [0.1, 0.15) is 0 Å². The number of thiophene rings is 1. The van der Waals surface area contributed by atoms with E-state index in [1.54, 1.807) is 64.0 Å². The molecule has 7 rings (SSSR count). The van der Waals surface area contributed by atoms with Gasteiger partial charge in [-0.1, -0.05) is 0 Å². The molecular formula is C35H32Cl2S2SiZr. The normalized spacial score (nSPS) is 19.7. The minimum absolute atomic E-state index is 0. The summed E-state index contributed by atoms with van der Waals surface area (Å²) in [5.74, 6) is 1.08. The molecule has 206 valence electrons. The minimum Gasteiger partial charge on any atom is -1.00 e. The molecule has 2 aliphatic carbocycles. The topological polar surface area (TPSA) is 0 Å². The molecule has 3 aromatic carbocycles. The van der Waals surface area contributed by atoms with Gasteiger partial charge in [-0.05, 0) is 0 Å². The third-order valence-electron chi connectivity index (χ3n) is 8.49. The smallest absolute Gasteiger partial charge is 1.00 e. The Balaban J connectivity index is 0.00000169. The van der Waals surface area contributed by atoms with Crippen molar-refractivity contribution in [3.8, 4) is 11.1 Å². The maximum Gasteiger partial charge on any atom is -1.00 e. The Bertz CT molecular complexity index is 1890. The van der Waals surface area contributed by atoms with Crippen LogP contribution in [0.2, 0.25) is 13.1 Å². The van der Waals surface area contributed by atoms with Crippen LogP contribution in [-0.2, 0) is 24.2 Å². The van der Waals surface area contributed by atoms with E-state index < -0.39 is 8.41 Å². The fraction of sp³-hybridized carbons (Fsp3) is 0.229. The van der Waals surface area contributed by atoms with E-state index in [4.69, 9.17) is 0 Å². The zero-order valence-corrected chi connectivity index (χ0v) is 30.8. The predicted molar refractivity (Wildman–Crippen MR) is 175 cm³/mol. The summed E-state index contributed by atoms with van der Waals surface area (Å²) in [5, 5.41) is 3.20. The van der Waals surface area contributed by atoms with Crippen molar-refractivity contribution in [3.63, 3.8) is 0 Å². The van der Waals surface area contributed by atoms with Crippen molar-refractivity contribution in [1.29, 1.82) is 0 Å². The molecule has 2 atom stereocenters. The first-order valence-electron chi connectivity index (χ1n) is 13.8. The van der Waals surface area contributed by atoms with E-state index in [-0.39, 0.29) is 35.3 Å². The van der Waals surface area contributed by atoms with Gasteiger partial charge >= 0.3 is 257 Å². The Labute approximate surface area is 279 Å². The van der Waals surface area contributed by atoms with Gasteiger partial charge in [-0.3, -0.25) is 0 Å². The third kappa shape index (κ3) is 4.59. The van der Waals surface area contributed by atoms with E-state index in [0.29, 0.717) is 11.8 Å². The zero-order valence-electron chi connectivity index (χ0n) is 24.2. The summed E-state index contributed by atoms with van der Waals surface area (Å²) in [4.78, 5) is 6.40. The number of benzene rings is 3. The molecular weight excluding hydrogens is 675 g/mol. The van der Waals surface area contributed by atoms with E-state index in [0.717, 1.165) is 0 Å². The van der Waals surface area contributed by atoms with Crippen LogP contribution in [0.3, 0.4) is 0 Å². The largest absolute Gasteiger partial charge is 1.00 e. The van der Waals surface area contributed by atoms with Gasteiger partial charge in [0.2, 0.25) is 0 Å². The number of fused-ring (bicyclic) bond motifs is 5. The first-order valence-corrected chi connectivity index (χ1v) is 19.6. The zero-order chi connectivity index (χ0) is 27.2. The third-order valence-corrected chi connectivity index (χ3v) is 16.1. The van der Waals surface area contributed by atoms with Gasteiger partial charge in [-0.25, -0.2) is 0 Å². The number of allylic oxidation sites excluding steroid dienone is 3. The summed E-state index contributed by atoms with van der Waals surface area (Å²) in [6.07, 6.45) is 2.57. The van der Waals surface area contributed by atoms with E-state index in [2.05, 4.69) is 114 Å². The monoisotopic (exact) mass is 704 g/mol. The molecule has 0 saturated heterocycles. The molecule has 3 aliphatic rings. The van der Waals surface area contributed by atoms with Crippen LogP contribution in [0.15, 0.2) is 82.1 Å². The number of halogens is 2. The SMILES string of the molecule is Cc1cccc2c1C1=C([C](=[Zr+2])C(C)C1=[Si](C)C)S2=C1C(C(C)C)=Cc2c1sc1cccc(-c3ccccc3)c21.[Cl-].[Cl-]. The Hall–Kier alpha value is -1.26. The standard InChI is InChI=1S/C35H32S2Si.2ClH.Zr/c1-20(2)25-19-26-31-24(23-13-8-7-9-14-23)15-11-16-27(31)36-33(26)34(25)37-28-17-10-12-21(3)30(28)32-29(37)18-22(4)35(32)38(5)6;;;/h7-17,19-20,22H,1-6H3;2*1H;/q;;;+2/p-2. The molecule has 6 heteroatoms. The maximum atomic E-state index is 2.57. The van der Waals surface area contributed by atoms with Crippen molar-refractivity contribution in [3.05, 3.63) is 98.8 Å². The Morgan fingerprint density at radius 3 is 2.32 bits per heavy atom. The summed E-state index contributed by atoms with van der Waals surface area (Å²) in [6.45, 7) is 14.6. The van der Waals surface area contributed by atoms with Crippen molar-refractivity contribution < 1.29 is 49.0 Å². The van der Waals surface area contributed by atoms with Crippen molar-refractivity contribution in [1.82, 2.24) is 0 Å². The molecule has 41 heavy (non-hydrogen) atoms. The van der Waals surface area contributed by atoms with Crippen LogP contribution in [0.1, 0.15) is 42.3 Å². The molecule has 0 bridgehead atoms. The van der Waals surface area contributed by atoms with Crippen LogP contribution in [-0.4, -0.2) is 21.6 Å². The van der Waals surface area contributed by atoms with E-state index in [1.165, 1.54) is 37.2 Å². The van der Waals surface area contributed by atoms with Gasteiger partial charge in [0.05, 0.1) is 0 Å². The van der Waals surface area contributed by atoms with Gasteiger partial charge in [-0.15, -0.1) is 0 Å². The van der Waals surface area contributed by atoms with Crippen LogP contribution < -0.4 is 24.8 Å². The Morgan fingerprint density at radius 1 is 0.927 bits per heavy atom. The summed E-state index contributed by atoms with van der Waals surface area (Å²) < 4.78 is 3.11. The van der Waals surface area contributed by atoms with E-state index in [1.807, 2.05) is 11.3 Å². The van der Waals surface area contributed by atoms with Crippen molar-refractivity contribution >= 4 is 65.2 Å². The minimum atomic E-state index is -0.561. The Kier molecular flexibility index (Phi) is 8.88. The van der Waals surface area contributed by atoms with Gasteiger partial charge in [-0.2, -0.15) is 0 Å². The first kappa shape index (κ1) is 31.2. The second kappa shape index (κ2) is 11.7. The van der Waals surface area contributed by atoms with Crippen molar-refractivity contribution in [2.24, 2.45) is 11.8 Å². The number of rotatable bonds is 2. The molecule has 1 aliphatic heterocycles. The molecule has 0 fully saturated rings. The Morgan fingerprint density at radius 2 is 1.63 bits per heavy atom. The molecule has 0 nitrogen and oxygen atoms in total. The summed E-state index contributed by atoms with van der Waals surface area (Å²) >= 11 is 3.62. The molecule has 0 spiro atoms. The van der Waals surface area contributed by atoms with E-state index in [9.17, 15) is 0 Å². The van der Waals surface area contributed by atoms with Gasteiger partial charge in [0, 0.05) is 0 Å². The second-order valence-electron chi connectivity index (χ2n) is 11.5. The molecule has 2 heterocycles. The van der Waals surface area contributed by atoms with E-state index >= 15 is 0 Å². The van der Waals surface area contributed by atoms with Crippen molar-refractivity contribution in [2.45, 2.75) is 45.7 Å². The van der Waals surface area contributed by atoms with Crippen LogP contribution in [0.5, 0.6) is 0 Å². The molecule has 0 amide bonds. The molecule has 0 N–H and O–H groups in total. The molecule has 1 aromatic heterocycles. The van der Waals surface area contributed by atoms with Gasteiger partial charge in [0.25, 0.3) is 0 Å². The molecule has 4 aromatic rings. The van der Waals surface area contributed by atoms with Crippen molar-refractivity contribution in [2.75, 3.05) is 0 Å². The fourth-order valence-electron chi connectivity index (χ4n) is 6.74. The maximum absolute atomic E-state index is 2.57. The quantitative estimate of drug-likeness (QED) is 0.222. The van der Waals surface area contributed by atoms with Crippen LogP contribution in [0, 0.1) is 18.8 Å². The van der Waals surface area contributed by atoms with Gasteiger partial charge < -0.3 is 24.8 Å². The summed E-state index contributed by atoms with van der Waals surface area (Å²) in [7, 11) is -0.612. The average Bonchev–Trinajstić information content (AvgIpc) is 3.62. The van der Waals surface area contributed by atoms with Gasteiger partial charge in [0.15, 0.2) is 0 Å². The number of hydrogen-bond acceptors (Lipinski definition) is 1. The van der Waals surface area contributed by atoms with Crippen LogP contribution in [0.25, 0.3) is 32.9 Å². The molecule has 2 unspecified atom stereocenters. The fourth-order valence-corrected chi connectivity index (χ4v) is 14.9. The van der Waals surface area contributed by atoms with Crippen LogP contribution in [0.4, 0.5) is 0 Å². The second-order valence-corrected chi connectivity index (χ2v) is 18.3. The summed E-state index contributed by atoms with van der Waals surface area (Å²) in [5.41, 5.74) is 10.3. The molecule has 0 saturated carbocycles. The predicted octanol–water partition coefficient (Wildman–Crippen LogP) is 3.39. The number of aryl methyl sites for hydroxylation is 1. The van der Waals surface area contributed by atoms with Crippen LogP contribution >= 0.6 is 21.8 Å². The average molecular weight is 707 g/mol.